The fourth-order valence-electron chi connectivity index (χ4n) is 4.25. The van der Waals surface area contributed by atoms with Gasteiger partial charge in [0.05, 0.1) is 0 Å². The highest BCUT2D eigenvalue weighted by molar-refractivity contribution is 6.30. The van der Waals surface area contributed by atoms with Crippen molar-refractivity contribution in [3.63, 3.8) is 0 Å². The van der Waals surface area contributed by atoms with Crippen molar-refractivity contribution in [2.45, 2.75) is 39.2 Å². The number of nitrogens with zero attached hydrogens (tertiary/aromatic N) is 2. The molecule has 0 spiro atoms. The highest BCUT2D eigenvalue weighted by Gasteiger charge is 2.31. The molecule has 126 valence electrons. The maximum absolute atomic E-state index is 12.6. The lowest BCUT2D eigenvalue weighted by atomic mass is 9.89. The summed E-state index contributed by atoms with van der Waals surface area (Å²) in [6.45, 7) is 8.87. The Morgan fingerprint density at radius 3 is 2.39 bits per heavy atom. The van der Waals surface area contributed by atoms with Crippen LogP contribution >= 0.6 is 11.6 Å². The minimum absolute atomic E-state index is 0.117. The van der Waals surface area contributed by atoms with Gasteiger partial charge < -0.3 is 4.90 Å². The van der Waals surface area contributed by atoms with Gasteiger partial charge in [-0.2, -0.15) is 0 Å². The van der Waals surface area contributed by atoms with Gasteiger partial charge in [0.1, 0.15) is 0 Å². The fourth-order valence-corrected chi connectivity index (χ4v) is 4.44. The van der Waals surface area contributed by atoms with Crippen LogP contribution in [0.2, 0.25) is 5.02 Å². The smallest absolute Gasteiger partial charge is 0.253 e. The summed E-state index contributed by atoms with van der Waals surface area (Å²) in [4.78, 5) is 17.2. The van der Waals surface area contributed by atoms with E-state index < -0.39 is 0 Å². The van der Waals surface area contributed by atoms with Gasteiger partial charge in [-0.3, -0.25) is 9.69 Å². The molecule has 2 atom stereocenters. The predicted molar refractivity (Wildman–Crippen MR) is 94.9 cm³/mol. The van der Waals surface area contributed by atoms with Crippen molar-refractivity contribution >= 4 is 17.5 Å². The van der Waals surface area contributed by atoms with Crippen LogP contribution in [-0.2, 0) is 0 Å². The monoisotopic (exact) mass is 334 g/mol. The largest absolute Gasteiger partial charge is 0.339 e. The molecule has 0 bridgehead atoms. The summed E-state index contributed by atoms with van der Waals surface area (Å²) in [5, 5.41) is 0.627. The van der Waals surface area contributed by atoms with Crippen LogP contribution in [0.1, 0.15) is 43.5 Å². The number of piperidine rings is 2. The number of benzene rings is 1. The van der Waals surface area contributed by atoms with Crippen molar-refractivity contribution in [2.24, 2.45) is 11.8 Å². The molecule has 23 heavy (non-hydrogen) atoms. The number of rotatable bonds is 2. The van der Waals surface area contributed by atoms with Gasteiger partial charge in [0.15, 0.2) is 0 Å². The Labute approximate surface area is 144 Å². The summed E-state index contributed by atoms with van der Waals surface area (Å²) >= 11 is 6.00. The first-order chi connectivity index (χ1) is 11.0. The van der Waals surface area contributed by atoms with Gasteiger partial charge in [-0.25, -0.2) is 0 Å². The summed E-state index contributed by atoms with van der Waals surface area (Å²) in [7, 11) is 0. The SMILES string of the molecule is C[C@@H]1C[C@H](C)CN(C2CCN(C(=O)c3cccc(Cl)c3)CC2)C1. The molecule has 2 heterocycles. The molecule has 3 rings (SSSR count). The molecule has 2 fully saturated rings. The summed E-state index contributed by atoms with van der Waals surface area (Å²) in [5.41, 5.74) is 0.705. The molecular weight excluding hydrogens is 308 g/mol. The van der Waals surface area contributed by atoms with Crippen molar-refractivity contribution in [3.8, 4) is 0 Å². The quantitative estimate of drug-likeness (QED) is 0.818. The fraction of sp³-hybridized carbons (Fsp3) is 0.632. The zero-order valence-corrected chi connectivity index (χ0v) is 14.9. The Morgan fingerprint density at radius 1 is 1.13 bits per heavy atom. The normalized spacial score (nSPS) is 27.2. The Kier molecular flexibility index (Phi) is 5.27. The highest BCUT2D eigenvalue weighted by atomic mass is 35.5. The molecule has 0 unspecified atom stereocenters. The van der Waals surface area contributed by atoms with E-state index in [-0.39, 0.29) is 5.91 Å². The average molecular weight is 335 g/mol. The molecule has 2 aliphatic rings. The Morgan fingerprint density at radius 2 is 1.78 bits per heavy atom. The predicted octanol–water partition coefficient (Wildman–Crippen LogP) is 3.92. The van der Waals surface area contributed by atoms with Crippen LogP contribution in [0.25, 0.3) is 0 Å². The van der Waals surface area contributed by atoms with E-state index in [9.17, 15) is 4.79 Å². The van der Waals surface area contributed by atoms with Crippen LogP contribution < -0.4 is 0 Å². The molecule has 0 aliphatic carbocycles. The third-order valence-electron chi connectivity index (χ3n) is 5.24. The van der Waals surface area contributed by atoms with E-state index in [4.69, 9.17) is 11.6 Å². The number of amides is 1. The van der Waals surface area contributed by atoms with Crippen LogP contribution in [0.4, 0.5) is 0 Å². The Bertz CT molecular complexity index is 544. The van der Waals surface area contributed by atoms with Crippen molar-refractivity contribution in [1.82, 2.24) is 9.80 Å². The lowest BCUT2D eigenvalue weighted by Crippen LogP contribution is -2.50. The van der Waals surface area contributed by atoms with Crippen LogP contribution in [0.5, 0.6) is 0 Å². The number of halogens is 1. The lowest BCUT2D eigenvalue weighted by molar-refractivity contribution is 0.0450. The molecule has 1 amide bonds. The lowest BCUT2D eigenvalue weighted by Gasteiger charge is -2.43. The van der Waals surface area contributed by atoms with Crippen molar-refractivity contribution in [3.05, 3.63) is 34.9 Å². The van der Waals surface area contributed by atoms with E-state index >= 15 is 0 Å². The summed E-state index contributed by atoms with van der Waals surface area (Å²) < 4.78 is 0. The molecule has 2 aliphatic heterocycles. The van der Waals surface area contributed by atoms with Gasteiger partial charge in [0, 0.05) is 42.8 Å². The molecule has 0 radical (unpaired) electrons. The zero-order chi connectivity index (χ0) is 16.4. The first kappa shape index (κ1) is 16.8. The van der Waals surface area contributed by atoms with Gasteiger partial charge in [-0.15, -0.1) is 0 Å². The average Bonchev–Trinajstić information content (AvgIpc) is 2.53. The van der Waals surface area contributed by atoms with E-state index in [1.54, 1.807) is 6.07 Å². The van der Waals surface area contributed by atoms with Crippen LogP contribution in [-0.4, -0.2) is 47.9 Å². The van der Waals surface area contributed by atoms with Crippen molar-refractivity contribution in [2.75, 3.05) is 26.2 Å². The van der Waals surface area contributed by atoms with Gasteiger partial charge in [-0.05, 0) is 49.3 Å². The third-order valence-corrected chi connectivity index (χ3v) is 5.47. The van der Waals surface area contributed by atoms with E-state index in [1.807, 2.05) is 23.1 Å². The van der Waals surface area contributed by atoms with E-state index in [0.717, 1.165) is 37.8 Å². The third kappa shape index (κ3) is 4.07. The molecule has 0 N–H and O–H groups in total. The van der Waals surface area contributed by atoms with Gasteiger partial charge in [0.2, 0.25) is 0 Å². The summed E-state index contributed by atoms with van der Waals surface area (Å²) in [6.07, 6.45) is 3.53. The number of likely N-dealkylation sites (tertiary alicyclic amines) is 2. The number of hydrogen-bond acceptors (Lipinski definition) is 2. The zero-order valence-electron chi connectivity index (χ0n) is 14.2. The topological polar surface area (TPSA) is 23.6 Å². The highest BCUT2D eigenvalue weighted by Crippen LogP contribution is 2.27. The van der Waals surface area contributed by atoms with Crippen molar-refractivity contribution < 1.29 is 4.79 Å². The minimum Gasteiger partial charge on any atom is -0.339 e. The Balaban J connectivity index is 1.57. The van der Waals surface area contributed by atoms with E-state index in [0.29, 0.717) is 16.6 Å². The van der Waals surface area contributed by atoms with Crippen molar-refractivity contribution in [1.29, 1.82) is 0 Å². The first-order valence-corrected chi connectivity index (χ1v) is 9.19. The Hall–Kier alpha value is -1.06. The first-order valence-electron chi connectivity index (χ1n) is 8.82. The van der Waals surface area contributed by atoms with Crippen LogP contribution in [0.15, 0.2) is 24.3 Å². The summed E-state index contributed by atoms with van der Waals surface area (Å²) in [6, 6.07) is 7.92. The second kappa shape index (κ2) is 7.23. The standard InChI is InChI=1S/C19H27ClN2O/c1-14-10-15(2)13-22(12-14)18-6-8-21(9-7-18)19(23)16-4-3-5-17(20)11-16/h3-5,11,14-15,18H,6-10,12-13H2,1-2H3/t14-,15+. The second-order valence-electron chi connectivity index (χ2n) is 7.43. The molecule has 1 aromatic rings. The number of hydrogen-bond donors (Lipinski definition) is 0. The minimum atomic E-state index is 0.117. The maximum atomic E-state index is 12.6. The van der Waals surface area contributed by atoms with Gasteiger partial charge in [0.25, 0.3) is 5.91 Å². The van der Waals surface area contributed by atoms with Crippen LogP contribution in [0.3, 0.4) is 0 Å². The second-order valence-corrected chi connectivity index (χ2v) is 7.87. The van der Waals surface area contributed by atoms with E-state index in [1.165, 1.54) is 19.5 Å². The molecule has 2 saturated heterocycles. The molecular formula is C19H27ClN2O. The summed E-state index contributed by atoms with van der Waals surface area (Å²) in [5.74, 6) is 1.71. The molecule has 1 aromatic carbocycles. The van der Waals surface area contributed by atoms with Crippen LogP contribution in [0, 0.1) is 11.8 Å². The van der Waals surface area contributed by atoms with Gasteiger partial charge >= 0.3 is 0 Å². The van der Waals surface area contributed by atoms with Gasteiger partial charge in [-0.1, -0.05) is 31.5 Å². The maximum Gasteiger partial charge on any atom is 0.253 e. The number of carbonyl (C=O) groups is 1. The number of carbonyl (C=O) groups excluding carboxylic acids is 1. The molecule has 0 saturated carbocycles. The van der Waals surface area contributed by atoms with E-state index in [2.05, 4.69) is 18.7 Å². The molecule has 4 heteroatoms. The molecule has 3 nitrogen and oxygen atoms in total. The molecule has 0 aromatic heterocycles.